The second-order valence-electron chi connectivity index (χ2n) is 6.17. The van der Waals surface area contributed by atoms with Crippen molar-refractivity contribution in [2.45, 2.75) is 51.9 Å². The number of ether oxygens (including phenoxy) is 1. The van der Waals surface area contributed by atoms with E-state index in [1.54, 1.807) is 24.3 Å². The lowest BCUT2D eigenvalue weighted by atomic mass is 10.1. The third kappa shape index (κ3) is 7.38. The summed E-state index contributed by atoms with van der Waals surface area (Å²) in [7, 11) is 0. The molecule has 0 radical (unpaired) electrons. The fourth-order valence-corrected chi connectivity index (χ4v) is 2.58. The van der Waals surface area contributed by atoms with Crippen LogP contribution in [0.25, 0.3) is 0 Å². The highest BCUT2D eigenvalue weighted by molar-refractivity contribution is 5.40. The number of para-hydroxylation sites is 1. The van der Waals surface area contributed by atoms with E-state index in [-0.39, 0.29) is 0 Å². The Balaban J connectivity index is 1.71. The first-order valence-corrected chi connectivity index (χ1v) is 9.26. The van der Waals surface area contributed by atoms with Crippen molar-refractivity contribution < 1.29 is 9.60 Å². The van der Waals surface area contributed by atoms with Crippen LogP contribution in [-0.4, -0.2) is 11.5 Å². The van der Waals surface area contributed by atoms with Gasteiger partial charge in [-0.05, 0) is 30.7 Å². The first-order chi connectivity index (χ1) is 12.3. The van der Waals surface area contributed by atoms with Crippen LogP contribution in [0.5, 0.6) is 5.75 Å². The van der Waals surface area contributed by atoms with Crippen molar-refractivity contribution in [2.75, 3.05) is 6.61 Å². The van der Waals surface area contributed by atoms with Crippen LogP contribution < -0.4 is 4.74 Å². The molecule has 0 atom stereocenters. The van der Waals surface area contributed by atoms with Gasteiger partial charge in [-0.2, -0.15) is 0 Å². The Morgan fingerprint density at radius 1 is 0.840 bits per heavy atom. The second-order valence-corrected chi connectivity index (χ2v) is 6.17. The Morgan fingerprint density at radius 3 is 2.16 bits per heavy atom. The second kappa shape index (κ2) is 11.2. The van der Waals surface area contributed by atoms with E-state index in [0.29, 0.717) is 16.2 Å². The van der Waals surface area contributed by atoms with Crippen LogP contribution in [0.15, 0.2) is 59.7 Å². The summed E-state index contributed by atoms with van der Waals surface area (Å²) in [5, 5.41) is 16.0. The number of benzene rings is 2. The molecule has 2 aromatic carbocycles. The zero-order valence-corrected chi connectivity index (χ0v) is 15.1. The maximum absolute atomic E-state index is 12.0. The summed E-state index contributed by atoms with van der Waals surface area (Å²) in [5.74, 6) is 0.821. The highest BCUT2D eigenvalue weighted by atomic mass is 16.5. The largest absolute Gasteiger partial charge is 0.594 e. The van der Waals surface area contributed by atoms with Crippen molar-refractivity contribution in [3.8, 4) is 5.75 Å². The number of nitrogens with zero attached hydrogens (tertiary/aromatic N) is 2. The summed E-state index contributed by atoms with van der Waals surface area (Å²) in [5.41, 5.74) is 1.13. The number of hydrogen-bond acceptors (Lipinski definition) is 3. The molecule has 4 nitrogen and oxygen atoms in total. The van der Waals surface area contributed by atoms with Crippen LogP contribution in [0.4, 0.5) is 11.4 Å². The van der Waals surface area contributed by atoms with E-state index in [9.17, 15) is 5.21 Å². The lowest BCUT2D eigenvalue weighted by Gasteiger charge is -2.06. The molecule has 4 heteroatoms. The van der Waals surface area contributed by atoms with Gasteiger partial charge >= 0.3 is 0 Å². The molecule has 0 N–H and O–H groups in total. The quantitative estimate of drug-likeness (QED) is 0.197. The van der Waals surface area contributed by atoms with E-state index in [1.165, 1.54) is 38.5 Å². The summed E-state index contributed by atoms with van der Waals surface area (Å²) >= 11 is 0. The van der Waals surface area contributed by atoms with Crippen molar-refractivity contribution >= 4 is 11.4 Å². The topological polar surface area (TPSA) is 47.7 Å². The first kappa shape index (κ1) is 19.0. The van der Waals surface area contributed by atoms with Gasteiger partial charge in [-0.15, -0.1) is 0 Å². The molecule has 0 bridgehead atoms. The Kier molecular flexibility index (Phi) is 8.53. The van der Waals surface area contributed by atoms with Crippen LogP contribution in [0.3, 0.4) is 0 Å². The predicted octanol–water partition coefficient (Wildman–Crippen LogP) is 6.74. The highest BCUT2D eigenvalue weighted by Gasteiger charge is 2.03. The summed E-state index contributed by atoms with van der Waals surface area (Å²) in [6.45, 7) is 2.98. The Bertz CT molecular complexity index is 624. The number of hydrogen-bond donors (Lipinski definition) is 0. The van der Waals surface area contributed by atoms with E-state index < -0.39 is 0 Å². The minimum absolute atomic E-state index is 0.516. The summed E-state index contributed by atoms with van der Waals surface area (Å²) in [6, 6.07) is 16.3. The van der Waals surface area contributed by atoms with Gasteiger partial charge in [0.2, 0.25) is 5.69 Å². The highest BCUT2D eigenvalue weighted by Crippen LogP contribution is 2.21. The lowest BCUT2D eigenvalue weighted by Crippen LogP contribution is -1.97. The van der Waals surface area contributed by atoms with Crippen LogP contribution in [0.1, 0.15) is 51.9 Å². The molecule has 0 amide bonds. The van der Waals surface area contributed by atoms with Gasteiger partial charge in [-0.25, -0.2) is 0 Å². The molecule has 0 aliphatic carbocycles. The molecule has 0 unspecified atom stereocenters. The molecule has 0 fully saturated rings. The molecule has 134 valence electrons. The van der Waals surface area contributed by atoms with Crippen molar-refractivity contribution in [2.24, 2.45) is 5.11 Å². The van der Waals surface area contributed by atoms with E-state index >= 15 is 0 Å². The minimum atomic E-state index is 0.516. The number of rotatable bonds is 11. The standard InChI is InChI=1S/C21H28N2O2/c1-2-3-4-5-6-7-11-18-25-21-16-14-19(15-17-21)22-23(24)20-12-9-8-10-13-20/h8-10,12-17H,2-7,11,18H2,1H3. The van der Waals surface area contributed by atoms with Crippen molar-refractivity contribution in [1.82, 2.24) is 0 Å². The maximum atomic E-state index is 12.0. The third-order valence-corrected chi connectivity index (χ3v) is 4.04. The summed E-state index contributed by atoms with van der Waals surface area (Å²) < 4.78 is 5.74. The monoisotopic (exact) mass is 340 g/mol. The number of azo groups is 1. The molecular formula is C21H28N2O2. The first-order valence-electron chi connectivity index (χ1n) is 9.26. The molecule has 0 aliphatic heterocycles. The van der Waals surface area contributed by atoms with Crippen molar-refractivity contribution in [3.63, 3.8) is 0 Å². The molecule has 0 aliphatic rings. The van der Waals surface area contributed by atoms with Gasteiger partial charge in [0.05, 0.1) is 6.61 Å². The normalized spacial score (nSPS) is 11.5. The van der Waals surface area contributed by atoms with Gasteiger partial charge in [-0.1, -0.05) is 68.5 Å². The minimum Gasteiger partial charge on any atom is -0.594 e. The van der Waals surface area contributed by atoms with Crippen LogP contribution in [0.2, 0.25) is 0 Å². The van der Waals surface area contributed by atoms with Crippen LogP contribution in [-0.2, 0) is 0 Å². The van der Waals surface area contributed by atoms with Gasteiger partial charge in [0.25, 0.3) is 0 Å². The smallest absolute Gasteiger partial charge is 0.244 e. The number of unbranched alkanes of at least 4 members (excludes halogenated alkanes) is 6. The molecule has 0 saturated carbocycles. The van der Waals surface area contributed by atoms with E-state index in [1.807, 2.05) is 30.3 Å². The van der Waals surface area contributed by atoms with Crippen LogP contribution in [0, 0.1) is 5.21 Å². The van der Waals surface area contributed by atoms with Gasteiger partial charge in [-0.3, -0.25) is 0 Å². The fraction of sp³-hybridized carbons (Fsp3) is 0.429. The van der Waals surface area contributed by atoms with Gasteiger partial charge in [0, 0.05) is 17.2 Å². The molecular weight excluding hydrogens is 312 g/mol. The molecule has 0 heterocycles. The van der Waals surface area contributed by atoms with E-state index in [4.69, 9.17) is 4.74 Å². The fourth-order valence-electron chi connectivity index (χ4n) is 2.58. The molecule has 0 spiro atoms. The summed E-state index contributed by atoms with van der Waals surface area (Å²) in [4.78, 5) is 0.633. The van der Waals surface area contributed by atoms with Crippen molar-refractivity contribution in [3.05, 3.63) is 59.8 Å². The van der Waals surface area contributed by atoms with Gasteiger partial charge in [0.1, 0.15) is 11.4 Å². The summed E-state index contributed by atoms with van der Waals surface area (Å²) in [6.07, 6.45) is 8.92. The molecule has 0 aromatic heterocycles. The van der Waals surface area contributed by atoms with Crippen molar-refractivity contribution in [1.29, 1.82) is 0 Å². The third-order valence-electron chi connectivity index (χ3n) is 4.04. The van der Waals surface area contributed by atoms with Gasteiger partial charge in [0.15, 0.2) is 0 Å². The van der Waals surface area contributed by atoms with Gasteiger partial charge < -0.3 is 9.94 Å². The zero-order valence-electron chi connectivity index (χ0n) is 15.1. The SMILES string of the molecule is CCCCCCCCCOc1ccc(N=[N+]([O-])c2ccccc2)cc1. The average molecular weight is 340 g/mol. The Hall–Kier alpha value is -2.36. The average Bonchev–Trinajstić information content (AvgIpc) is 2.66. The van der Waals surface area contributed by atoms with E-state index in [0.717, 1.165) is 18.8 Å². The Morgan fingerprint density at radius 2 is 1.48 bits per heavy atom. The molecule has 2 rings (SSSR count). The Labute approximate surface area is 150 Å². The zero-order chi connectivity index (χ0) is 17.7. The van der Waals surface area contributed by atoms with Crippen LogP contribution >= 0.6 is 0 Å². The molecule has 2 aromatic rings. The molecule has 0 saturated heterocycles. The molecule has 25 heavy (non-hydrogen) atoms. The lowest BCUT2D eigenvalue weighted by molar-refractivity contribution is -0.435. The van der Waals surface area contributed by atoms with E-state index in [2.05, 4.69) is 12.0 Å². The maximum Gasteiger partial charge on any atom is 0.244 e. The predicted molar refractivity (Wildman–Crippen MR) is 102 cm³/mol.